The fourth-order valence-electron chi connectivity index (χ4n) is 2.47. The fraction of sp³-hybridized carbons (Fsp3) is 0.250. The summed E-state index contributed by atoms with van der Waals surface area (Å²) in [5, 5.41) is 19.2. The van der Waals surface area contributed by atoms with Crippen LogP contribution in [0.4, 0.5) is 22.2 Å². The second-order valence-electron chi connectivity index (χ2n) is 5.24. The molecule has 0 aliphatic carbocycles. The first-order valence-corrected chi connectivity index (χ1v) is 7.73. The fourth-order valence-corrected chi connectivity index (χ4v) is 2.47. The molecule has 0 fully saturated rings. The number of nitrogens with zero attached hydrogens (tertiary/aromatic N) is 5. The van der Waals surface area contributed by atoms with Gasteiger partial charge >= 0.3 is 6.09 Å². The van der Waals surface area contributed by atoms with Gasteiger partial charge in [0.05, 0.1) is 0 Å². The number of para-hydroxylation sites is 1. The molecule has 8 nitrogen and oxygen atoms in total. The van der Waals surface area contributed by atoms with Crippen LogP contribution in [0.25, 0.3) is 5.65 Å². The van der Waals surface area contributed by atoms with Crippen LogP contribution >= 0.6 is 0 Å². The van der Waals surface area contributed by atoms with Gasteiger partial charge in [0.15, 0.2) is 5.82 Å². The van der Waals surface area contributed by atoms with Crippen molar-refractivity contribution in [3.8, 4) is 0 Å². The average molecular weight is 326 g/mol. The Balaban J connectivity index is 2.07. The summed E-state index contributed by atoms with van der Waals surface area (Å²) in [6.07, 6.45) is 4.10. The quantitative estimate of drug-likeness (QED) is 0.722. The van der Waals surface area contributed by atoms with Crippen LogP contribution in [0.15, 0.2) is 42.7 Å². The summed E-state index contributed by atoms with van der Waals surface area (Å²) in [6.45, 7) is 2.91. The summed E-state index contributed by atoms with van der Waals surface area (Å²) in [5.74, 6) is 0.785. The summed E-state index contributed by atoms with van der Waals surface area (Å²) < 4.78 is 1.58. The van der Waals surface area contributed by atoms with Gasteiger partial charge < -0.3 is 10.0 Å². The van der Waals surface area contributed by atoms with Gasteiger partial charge in [0.2, 0.25) is 11.6 Å². The lowest BCUT2D eigenvalue weighted by atomic mass is 10.2. The van der Waals surface area contributed by atoms with E-state index < -0.39 is 6.09 Å². The standard InChI is InChI=1S/C16H18N6O2/c1-2-3-10-21(12-7-5-4-6-8-12)13-14-19-20-15(18-16(23)24)22(14)11-9-17-13/h4-9,11H,2-3,10H2,1H3,(H,18,20)(H,23,24). The number of unbranched alkanes of at least 4 members (excludes halogenated alkanes) is 1. The number of aromatic nitrogens is 4. The number of carbonyl (C=O) groups is 1. The molecule has 0 saturated heterocycles. The number of nitrogens with one attached hydrogen (secondary N) is 1. The number of anilines is 3. The normalized spacial score (nSPS) is 10.7. The molecule has 8 heteroatoms. The maximum atomic E-state index is 10.9. The number of hydrogen-bond acceptors (Lipinski definition) is 5. The highest BCUT2D eigenvalue weighted by atomic mass is 16.4. The maximum absolute atomic E-state index is 10.9. The summed E-state index contributed by atoms with van der Waals surface area (Å²) in [7, 11) is 0. The number of fused-ring (bicyclic) bond motifs is 1. The second-order valence-corrected chi connectivity index (χ2v) is 5.24. The van der Waals surface area contributed by atoms with Crippen LogP contribution in [0.3, 0.4) is 0 Å². The maximum Gasteiger partial charge on any atom is 0.411 e. The molecule has 0 atom stereocenters. The van der Waals surface area contributed by atoms with E-state index in [1.165, 1.54) is 0 Å². The van der Waals surface area contributed by atoms with Gasteiger partial charge in [-0.05, 0) is 18.6 Å². The zero-order valence-electron chi connectivity index (χ0n) is 13.3. The monoisotopic (exact) mass is 326 g/mol. The van der Waals surface area contributed by atoms with Gasteiger partial charge in [0.1, 0.15) is 0 Å². The van der Waals surface area contributed by atoms with Crippen LogP contribution in [0, 0.1) is 0 Å². The molecule has 2 heterocycles. The summed E-state index contributed by atoms with van der Waals surface area (Å²) in [6, 6.07) is 9.91. The molecule has 0 unspecified atom stereocenters. The molecule has 2 aromatic heterocycles. The first-order chi connectivity index (χ1) is 11.7. The number of hydrogen-bond donors (Lipinski definition) is 2. The summed E-state index contributed by atoms with van der Waals surface area (Å²) in [4.78, 5) is 17.4. The Bertz CT molecular complexity index is 833. The van der Waals surface area contributed by atoms with Crippen molar-refractivity contribution in [3.63, 3.8) is 0 Å². The highest BCUT2D eigenvalue weighted by molar-refractivity contribution is 5.82. The molecule has 0 radical (unpaired) electrons. The van der Waals surface area contributed by atoms with Crippen molar-refractivity contribution < 1.29 is 9.90 Å². The zero-order valence-corrected chi connectivity index (χ0v) is 13.3. The van der Waals surface area contributed by atoms with Crippen LogP contribution in [-0.4, -0.2) is 37.3 Å². The predicted molar refractivity (Wildman–Crippen MR) is 90.8 cm³/mol. The molecule has 1 aromatic carbocycles. The zero-order chi connectivity index (χ0) is 16.9. The Morgan fingerprint density at radius 1 is 1.29 bits per heavy atom. The highest BCUT2D eigenvalue weighted by Gasteiger charge is 2.18. The van der Waals surface area contributed by atoms with Crippen molar-refractivity contribution in [1.82, 2.24) is 19.6 Å². The van der Waals surface area contributed by atoms with Gasteiger partial charge in [-0.25, -0.2) is 9.78 Å². The van der Waals surface area contributed by atoms with Crippen molar-refractivity contribution >= 4 is 29.2 Å². The summed E-state index contributed by atoms with van der Waals surface area (Å²) in [5.41, 5.74) is 1.50. The molecule has 1 amide bonds. The Labute approximate surface area is 138 Å². The van der Waals surface area contributed by atoms with E-state index in [0.29, 0.717) is 11.5 Å². The van der Waals surface area contributed by atoms with Crippen LogP contribution < -0.4 is 10.2 Å². The van der Waals surface area contributed by atoms with Crippen molar-refractivity contribution in [1.29, 1.82) is 0 Å². The first kappa shape index (κ1) is 15.7. The predicted octanol–water partition coefficient (Wildman–Crippen LogP) is 3.15. The minimum atomic E-state index is -1.19. The molecule has 2 N–H and O–H groups in total. The molecular weight excluding hydrogens is 308 g/mol. The highest BCUT2D eigenvalue weighted by Crippen LogP contribution is 2.27. The van der Waals surface area contributed by atoms with Crippen LogP contribution in [0.5, 0.6) is 0 Å². The van der Waals surface area contributed by atoms with E-state index in [0.717, 1.165) is 25.1 Å². The van der Waals surface area contributed by atoms with Gasteiger partial charge in [0, 0.05) is 24.6 Å². The van der Waals surface area contributed by atoms with E-state index in [9.17, 15) is 4.79 Å². The molecule has 124 valence electrons. The van der Waals surface area contributed by atoms with Crippen molar-refractivity contribution in [3.05, 3.63) is 42.7 Å². The number of carboxylic acid groups (broad SMARTS) is 1. The van der Waals surface area contributed by atoms with Gasteiger partial charge in [-0.15, -0.1) is 10.2 Å². The lowest BCUT2D eigenvalue weighted by Gasteiger charge is -2.23. The number of rotatable bonds is 6. The number of amides is 1. The molecule has 0 spiro atoms. The van der Waals surface area contributed by atoms with Gasteiger partial charge in [0.25, 0.3) is 0 Å². The third-order valence-corrected chi connectivity index (χ3v) is 3.59. The smallest absolute Gasteiger partial charge is 0.411 e. The first-order valence-electron chi connectivity index (χ1n) is 7.73. The summed E-state index contributed by atoms with van der Waals surface area (Å²) >= 11 is 0. The molecule has 0 saturated carbocycles. The van der Waals surface area contributed by atoms with Crippen molar-refractivity contribution in [2.24, 2.45) is 0 Å². The third kappa shape index (κ3) is 3.12. The number of benzene rings is 1. The van der Waals surface area contributed by atoms with Gasteiger partial charge in [-0.3, -0.25) is 9.72 Å². The Hall–Kier alpha value is -3.16. The van der Waals surface area contributed by atoms with Gasteiger partial charge in [-0.1, -0.05) is 31.5 Å². The van der Waals surface area contributed by atoms with E-state index >= 15 is 0 Å². The van der Waals surface area contributed by atoms with E-state index in [4.69, 9.17) is 5.11 Å². The van der Waals surface area contributed by atoms with Gasteiger partial charge in [-0.2, -0.15) is 0 Å². The van der Waals surface area contributed by atoms with E-state index in [1.807, 2.05) is 30.3 Å². The Morgan fingerprint density at radius 2 is 2.08 bits per heavy atom. The Morgan fingerprint density at radius 3 is 2.79 bits per heavy atom. The molecule has 24 heavy (non-hydrogen) atoms. The second kappa shape index (κ2) is 6.95. The van der Waals surface area contributed by atoms with Crippen LogP contribution in [0.1, 0.15) is 19.8 Å². The minimum Gasteiger partial charge on any atom is -0.465 e. The molecular formula is C16H18N6O2. The van der Waals surface area contributed by atoms with Crippen LogP contribution in [0.2, 0.25) is 0 Å². The van der Waals surface area contributed by atoms with Crippen LogP contribution in [-0.2, 0) is 0 Å². The molecule has 0 bridgehead atoms. The van der Waals surface area contributed by atoms with Crippen molar-refractivity contribution in [2.45, 2.75) is 19.8 Å². The Kier molecular flexibility index (Phi) is 4.55. The molecule has 0 aliphatic rings. The minimum absolute atomic E-state index is 0.143. The largest absolute Gasteiger partial charge is 0.465 e. The topological polar surface area (TPSA) is 95.7 Å². The van der Waals surface area contributed by atoms with E-state index in [1.54, 1.807) is 16.8 Å². The molecule has 3 rings (SSSR count). The van der Waals surface area contributed by atoms with E-state index in [-0.39, 0.29) is 5.95 Å². The molecule has 3 aromatic rings. The van der Waals surface area contributed by atoms with E-state index in [2.05, 4.69) is 32.3 Å². The third-order valence-electron chi connectivity index (χ3n) is 3.59. The lowest BCUT2D eigenvalue weighted by molar-refractivity contribution is 0.209. The van der Waals surface area contributed by atoms with Crippen molar-refractivity contribution in [2.75, 3.05) is 16.8 Å². The molecule has 0 aliphatic heterocycles. The lowest BCUT2D eigenvalue weighted by Crippen LogP contribution is -2.20. The average Bonchev–Trinajstić information content (AvgIpc) is 2.99. The SMILES string of the molecule is CCCCN(c1ccccc1)c1nccn2c(NC(=O)O)nnc12.